The zero-order valence-corrected chi connectivity index (χ0v) is 16.1. The summed E-state index contributed by atoms with van der Waals surface area (Å²) in [4.78, 5) is 12.2. The van der Waals surface area contributed by atoms with Crippen molar-refractivity contribution in [1.29, 1.82) is 0 Å². The fourth-order valence-corrected chi connectivity index (χ4v) is 4.32. The maximum Gasteiger partial charge on any atom is 0.232 e. The third kappa shape index (κ3) is 4.37. The number of carbonyl (C=O) groups is 1. The van der Waals surface area contributed by atoms with Gasteiger partial charge in [-0.3, -0.25) is 9.10 Å². The van der Waals surface area contributed by atoms with Crippen LogP contribution in [0.25, 0.3) is 0 Å². The topological polar surface area (TPSA) is 66.5 Å². The van der Waals surface area contributed by atoms with Gasteiger partial charge in [0.05, 0.1) is 11.9 Å². The van der Waals surface area contributed by atoms with E-state index in [9.17, 15) is 13.2 Å². The Morgan fingerprint density at radius 3 is 2.73 bits per heavy atom. The van der Waals surface area contributed by atoms with E-state index in [1.54, 1.807) is 6.07 Å². The summed E-state index contributed by atoms with van der Waals surface area (Å²) in [5, 5.41) is 3.57. The zero-order chi connectivity index (χ0) is 18.7. The molecule has 0 aromatic heterocycles. The SMILES string of the molecule is CS(=O)(=O)N1CCc2ccc(NC(=O)CCCc3ccccc3Cl)cc21. The average Bonchev–Trinajstić information content (AvgIpc) is 3.00. The van der Waals surface area contributed by atoms with Crippen LogP contribution in [-0.2, 0) is 27.7 Å². The molecule has 1 N–H and O–H groups in total. The molecule has 2 aromatic carbocycles. The van der Waals surface area contributed by atoms with E-state index in [0.29, 0.717) is 42.2 Å². The van der Waals surface area contributed by atoms with Gasteiger partial charge in [0.2, 0.25) is 15.9 Å². The van der Waals surface area contributed by atoms with Crippen LogP contribution >= 0.6 is 11.6 Å². The largest absolute Gasteiger partial charge is 0.326 e. The van der Waals surface area contributed by atoms with Gasteiger partial charge in [0, 0.05) is 23.7 Å². The van der Waals surface area contributed by atoms with Gasteiger partial charge in [-0.2, -0.15) is 0 Å². The van der Waals surface area contributed by atoms with Crippen molar-refractivity contribution in [1.82, 2.24) is 0 Å². The summed E-state index contributed by atoms with van der Waals surface area (Å²) < 4.78 is 25.1. The molecule has 2 aromatic rings. The van der Waals surface area contributed by atoms with Crippen LogP contribution in [-0.4, -0.2) is 27.1 Å². The number of benzene rings is 2. The molecule has 0 atom stereocenters. The Labute approximate surface area is 159 Å². The molecule has 5 nitrogen and oxygen atoms in total. The molecule has 138 valence electrons. The molecule has 7 heteroatoms. The fraction of sp³-hybridized carbons (Fsp3) is 0.316. The molecule has 1 heterocycles. The standard InChI is InChI=1S/C19H21ClN2O3S/c1-26(24,25)22-12-11-15-9-10-16(13-18(15)22)21-19(23)8-4-6-14-5-2-3-7-17(14)20/h2-3,5,7,9-10,13H,4,6,8,11-12H2,1H3,(H,21,23). The van der Waals surface area contributed by atoms with Crippen molar-refractivity contribution in [3.63, 3.8) is 0 Å². The number of carbonyl (C=O) groups excluding carboxylic acids is 1. The highest BCUT2D eigenvalue weighted by atomic mass is 35.5. The molecule has 3 rings (SSSR count). The van der Waals surface area contributed by atoms with Crippen LogP contribution < -0.4 is 9.62 Å². The van der Waals surface area contributed by atoms with E-state index < -0.39 is 10.0 Å². The fourth-order valence-electron chi connectivity index (χ4n) is 3.14. The van der Waals surface area contributed by atoms with E-state index in [-0.39, 0.29) is 5.91 Å². The normalized spacial score (nSPS) is 13.5. The van der Waals surface area contributed by atoms with Crippen molar-refractivity contribution < 1.29 is 13.2 Å². The molecule has 26 heavy (non-hydrogen) atoms. The Kier molecular flexibility index (Phi) is 5.53. The number of nitrogens with one attached hydrogen (secondary N) is 1. The summed E-state index contributed by atoms with van der Waals surface area (Å²) >= 11 is 6.12. The number of amides is 1. The maximum atomic E-state index is 12.2. The number of nitrogens with zero attached hydrogens (tertiary/aromatic N) is 1. The second-order valence-corrected chi connectivity index (χ2v) is 8.74. The minimum atomic E-state index is -3.30. The highest BCUT2D eigenvalue weighted by molar-refractivity contribution is 7.92. The third-order valence-corrected chi connectivity index (χ3v) is 5.98. The zero-order valence-electron chi connectivity index (χ0n) is 14.5. The third-order valence-electron chi connectivity index (χ3n) is 4.43. The van der Waals surface area contributed by atoms with E-state index in [1.165, 1.54) is 10.6 Å². The molecule has 0 spiro atoms. The number of hydrogen-bond donors (Lipinski definition) is 1. The van der Waals surface area contributed by atoms with E-state index in [2.05, 4.69) is 5.32 Å². The molecule has 0 aliphatic carbocycles. The Bertz CT molecular complexity index is 928. The second-order valence-electron chi connectivity index (χ2n) is 6.42. The summed E-state index contributed by atoms with van der Waals surface area (Å²) in [6, 6.07) is 13.0. The van der Waals surface area contributed by atoms with Gasteiger partial charge in [-0.15, -0.1) is 0 Å². The molecule has 0 saturated carbocycles. The van der Waals surface area contributed by atoms with Gasteiger partial charge in [-0.25, -0.2) is 8.42 Å². The quantitative estimate of drug-likeness (QED) is 0.816. The second kappa shape index (κ2) is 7.68. The van der Waals surface area contributed by atoms with Crippen LogP contribution in [0.3, 0.4) is 0 Å². The van der Waals surface area contributed by atoms with Crippen LogP contribution in [0, 0.1) is 0 Å². The van der Waals surface area contributed by atoms with Gasteiger partial charge in [0.15, 0.2) is 0 Å². The predicted molar refractivity (Wildman–Crippen MR) is 105 cm³/mol. The number of rotatable bonds is 6. The molecular weight excluding hydrogens is 372 g/mol. The minimum absolute atomic E-state index is 0.0964. The summed E-state index contributed by atoms with van der Waals surface area (Å²) in [5.41, 5.74) is 3.28. The lowest BCUT2D eigenvalue weighted by molar-refractivity contribution is -0.116. The molecular formula is C19H21ClN2O3S. The number of hydrogen-bond acceptors (Lipinski definition) is 3. The molecule has 0 saturated heterocycles. The van der Waals surface area contributed by atoms with Crippen LogP contribution in [0.5, 0.6) is 0 Å². The smallest absolute Gasteiger partial charge is 0.232 e. The lowest BCUT2D eigenvalue weighted by Crippen LogP contribution is -2.27. The molecule has 0 bridgehead atoms. The number of sulfonamides is 1. The van der Waals surface area contributed by atoms with Gasteiger partial charge >= 0.3 is 0 Å². The number of aryl methyl sites for hydroxylation is 1. The minimum Gasteiger partial charge on any atom is -0.326 e. The van der Waals surface area contributed by atoms with Crippen molar-refractivity contribution in [3.8, 4) is 0 Å². The first-order valence-electron chi connectivity index (χ1n) is 8.48. The van der Waals surface area contributed by atoms with Crippen LogP contribution in [0.1, 0.15) is 24.0 Å². The van der Waals surface area contributed by atoms with Gasteiger partial charge in [-0.05, 0) is 48.6 Å². The molecule has 0 unspecified atom stereocenters. The summed E-state index contributed by atoms with van der Waals surface area (Å²) in [7, 11) is -3.30. The van der Waals surface area contributed by atoms with E-state index >= 15 is 0 Å². The molecule has 1 aliphatic heterocycles. The Morgan fingerprint density at radius 2 is 2.00 bits per heavy atom. The Morgan fingerprint density at radius 1 is 1.23 bits per heavy atom. The van der Waals surface area contributed by atoms with Gasteiger partial charge < -0.3 is 5.32 Å². The molecule has 1 aliphatic rings. The van der Waals surface area contributed by atoms with Crippen molar-refractivity contribution >= 4 is 38.9 Å². The molecule has 0 radical (unpaired) electrons. The van der Waals surface area contributed by atoms with Crippen LogP contribution in [0.15, 0.2) is 42.5 Å². The van der Waals surface area contributed by atoms with E-state index in [0.717, 1.165) is 17.5 Å². The lowest BCUT2D eigenvalue weighted by atomic mass is 10.1. The summed E-state index contributed by atoms with van der Waals surface area (Å²) in [6.07, 6.45) is 3.68. The summed E-state index contributed by atoms with van der Waals surface area (Å²) in [5.74, 6) is -0.0964. The molecule has 0 fully saturated rings. The first-order chi connectivity index (χ1) is 12.3. The van der Waals surface area contributed by atoms with E-state index in [4.69, 9.17) is 11.6 Å². The van der Waals surface area contributed by atoms with E-state index in [1.807, 2.05) is 36.4 Å². The van der Waals surface area contributed by atoms with Gasteiger partial charge in [-0.1, -0.05) is 35.9 Å². The van der Waals surface area contributed by atoms with Crippen molar-refractivity contribution in [3.05, 3.63) is 58.6 Å². The first kappa shape index (κ1) is 18.7. The predicted octanol–water partition coefficient (Wildman–Crippen LogP) is 3.62. The number of anilines is 2. The number of halogens is 1. The Hall–Kier alpha value is -2.05. The Balaban J connectivity index is 1.59. The van der Waals surface area contributed by atoms with Crippen molar-refractivity contribution in [2.45, 2.75) is 25.7 Å². The van der Waals surface area contributed by atoms with Crippen molar-refractivity contribution in [2.75, 3.05) is 22.4 Å². The van der Waals surface area contributed by atoms with Gasteiger partial charge in [0.25, 0.3) is 0 Å². The number of fused-ring (bicyclic) bond motifs is 1. The highest BCUT2D eigenvalue weighted by Crippen LogP contribution is 2.32. The lowest BCUT2D eigenvalue weighted by Gasteiger charge is -2.17. The van der Waals surface area contributed by atoms with Crippen LogP contribution in [0.2, 0.25) is 5.02 Å². The van der Waals surface area contributed by atoms with Crippen molar-refractivity contribution in [2.24, 2.45) is 0 Å². The maximum absolute atomic E-state index is 12.2. The monoisotopic (exact) mass is 392 g/mol. The molecule has 1 amide bonds. The van der Waals surface area contributed by atoms with Crippen LogP contribution in [0.4, 0.5) is 11.4 Å². The summed E-state index contributed by atoms with van der Waals surface area (Å²) in [6.45, 7) is 0.448. The van der Waals surface area contributed by atoms with Gasteiger partial charge in [0.1, 0.15) is 0 Å². The average molecular weight is 393 g/mol. The first-order valence-corrected chi connectivity index (χ1v) is 10.7. The highest BCUT2D eigenvalue weighted by Gasteiger charge is 2.26.